The first-order valence-corrected chi connectivity index (χ1v) is 16.1. The summed E-state index contributed by atoms with van der Waals surface area (Å²) >= 11 is 0. The van der Waals surface area contributed by atoms with Gasteiger partial charge in [0.25, 0.3) is 5.91 Å². The van der Waals surface area contributed by atoms with Crippen LogP contribution in [0.3, 0.4) is 0 Å². The summed E-state index contributed by atoms with van der Waals surface area (Å²) < 4.78 is 12.6. The zero-order chi connectivity index (χ0) is 29.2. The van der Waals surface area contributed by atoms with Crippen LogP contribution in [0.5, 0.6) is 0 Å². The van der Waals surface area contributed by atoms with Crippen LogP contribution in [-0.2, 0) is 33.9 Å². The maximum Gasteiger partial charge on any atom is 0.288 e. The van der Waals surface area contributed by atoms with Gasteiger partial charge >= 0.3 is 0 Å². The Balaban J connectivity index is 1.09. The van der Waals surface area contributed by atoms with Crippen molar-refractivity contribution in [2.75, 3.05) is 26.2 Å². The summed E-state index contributed by atoms with van der Waals surface area (Å²) in [5, 5.41) is 9.38. The Bertz CT molecular complexity index is 1470. The van der Waals surface area contributed by atoms with Crippen molar-refractivity contribution in [1.29, 1.82) is 0 Å². The van der Waals surface area contributed by atoms with Gasteiger partial charge in [-0.2, -0.15) is 0 Å². The van der Waals surface area contributed by atoms with Crippen molar-refractivity contribution >= 4 is 5.91 Å². The molecule has 1 aliphatic carbocycles. The van der Waals surface area contributed by atoms with Crippen molar-refractivity contribution in [2.45, 2.75) is 76.4 Å². The van der Waals surface area contributed by atoms with Crippen LogP contribution < -0.4 is 0 Å². The first-order valence-electron chi connectivity index (χ1n) is 16.1. The van der Waals surface area contributed by atoms with Crippen LogP contribution in [0.2, 0.25) is 0 Å². The molecule has 0 aromatic heterocycles. The van der Waals surface area contributed by atoms with E-state index in [1.54, 1.807) is 0 Å². The molecule has 6 heteroatoms. The van der Waals surface area contributed by atoms with Gasteiger partial charge in [0, 0.05) is 31.5 Å². The molecule has 1 amide bonds. The molecular weight excluding hydrogens is 536 g/mol. The number of aliphatic hydroxyl groups excluding tert-OH is 1. The van der Waals surface area contributed by atoms with Crippen molar-refractivity contribution in [2.24, 2.45) is 0 Å². The van der Waals surface area contributed by atoms with E-state index in [0.717, 1.165) is 43.5 Å². The summed E-state index contributed by atoms with van der Waals surface area (Å²) in [6, 6.07) is 23.8. The lowest BCUT2D eigenvalue weighted by molar-refractivity contribution is -0.157. The number of rotatable bonds is 7. The smallest absolute Gasteiger partial charge is 0.288 e. The highest BCUT2D eigenvalue weighted by molar-refractivity contribution is 5.92. The fraction of sp³-hybridized carbons (Fsp3) is 0.432. The van der Waals surface area contributed by atoms with E-state index < -0.39 is 6.29 Å². The van der Waals surface area contributed by atoms with E-state index in [-0.39, 0.29) is 18.4 Å². The predicted octanol–water partition coefficient (Wildman–Crippen LogP) is 6.16. The van der Waals surface area contributed by atoms with Gasteiger partial charge in [-0.1, -0.05) is 73.2 Å². The molecule has 2 atom stereocenters. The standard InChI is InChI=1S/C37H42N2O4/c40-24-26-8-10-27(11-9-26)25-42-36-23-30(28-12-13-34-31(20-28)21-29-6-2-3-7-33(29)34)22-35(43-36)37(41)39-18-14-32(15-19-39)38-16-4-1-5-17-38/h2-3,6-13,20,22,30,32,36,40H,1,4-5,14-19,21,23-25H2/t30-,36+/m0/s1. The molecule has 1 N–H and O–H groups in total. The Hall–Kier alpha value is -3.45. The van der Waals surface area contributed by atoms with E-state index >= 15 is 0 Å². The number of carbonyl (C=O) groups excluding carboxylic acids is 1. The molecule has 3 heterocycles. The highest BCUT2D eigenvalue weighted by atomic mass is 16.7. The molecule has 0 bridgehead atoms. The number of amides is 1. The minimum atomic E-state index is -0.525. The number of allylic oxidation sites excluding steroid dienone is 1. The number of hydrogen-bond acceptors (Lipinski definition) is 5. The van der Waals surface area contributed by atoms with Gasteiger partial charge in [0.2, 0.25) is 6.29 Å². The van der Waals surface area contributed by atoms with E-state index in [2.05, 4.69) is 47.4 Å². The van der Waals surface area contributed by atoms with Gasteiger partial charge < -0.3 is 24.4 Å². The van der Waals surface area contributed by atoms with Crippen LogP contribution in [0, 0.1) is 0 Å². The van der Waals surface area contributed by atoms with E-state index in [0.29, 0.717) is 24.8 Å². The third kappa shape index (κ3) is 6.14. The molecule has 0 radical (unpaired) electrons. The zero-order valence-corrected chi connectivity index (χ0v) is 24.9. The molecule has 224 valence electrons. The number of likely N-dealkylation sites (tertiary alicyclic amines) is 2. The molecule has 2 saturated heterocycles. The van der Waals surface area contributed by atoms with E-state index in [9.17, 15) is 9.90 Å². The maximum atomic E-state index is 13.9. The number of piperidine rings is 2. The molecule has 7 rings (SSSR count). The number of benzene rings is 3. The van der Waals surface area contributed by atoms with Crippen LogP contribution in [0.15, 0.2) is 78.6 Å². The third-order valence-electron chi connectivity index (χ3n) is 9.81. The van der Waals surface area contributed by atoms with Crippen LogP contribution in [-0.4, -0.2) is 59.3 Å². The second-order valence-corrected chi connectivity index (χ2v) is 12.6. The quantitative estimate of drug-likeness (QED) is 0.285. The third-order valence-corrected chi connectivity index (χ3v) is 9.81. The monoisotopic (exact) mass is 578 g/mol. The summed E-state index contributed by atoms with van der Waals surface area (Å²) in [7, 11) is 0. The highest BCUT2D eigenvalue weighted by Gasteiger charge is 2.34. The first kappa shape index (κ1) is 28.3. The average Bonchev–Trinajstić information content (AvgIpc) is 3.45. The number of hydrogen-bond donors (Lipinski definition) is 1. The Kier molecular flexibility index (Phi) is 8.33. The predicted molar refractivity (Wildman–Crippen MR) is 167 cm³/mol. The van der Waals surface area contributed by atoms with Crippen molar-refractivity contribution in [3.63, 3.8) is 0 Å². The number of fused-ring (bicyclic) bond motifs is 3. The molecule has 0 saturated carbocycles. The lowest BCUT2D eigenvalue weighted by Crippen LogP contribution is -2.49. The van der Waals surface area contributed by atoms with Gasteiger partial charge in [0.05, 0.1) is 13.2 Å². The second-order valence-electron chi connectivity index (χ2n) is 12.6. The van der Waals surface area contributed by atoms with Crippen molar-refractivity contribution in [3.8, 4) is 11.1 Å². The largest absolute Gasteiger partial charge is 0.459 e. The minimum absolute atomic E-state index is 0.0174. The van der Waals surface area contributed by atoms with Gasteiger partial charge in [0.15, 0.2) is 5.76 Å². The highest BCUT2D eigenvalue weighted by Crippen LogP contribution is 2.40. The molecule has 43 heavy (non-hydrogen) atoms. The number of ether oxygens (including phenoxy) is 2. The average molecular weight is 579 g/mol. The van der Waals surface area contributed by atoms with E-state index in [1.165, 1.54) is 60.2 Å². The Morgan fingerprint density at radius 3 is 2.40 bits per heavy atom. The Morgan fingerprint density at radius 2 is 1.60 bits per heavy atom. The minimum Gasteiger partial charge on any atom is -0.459 e. The summed E-state index contributed by atoms with van der Waals surface area (Å²) in [6.07, 6.45) is 9.08. The summed E-state index contributed by atoms with van der Waals surface area (Å²) in [4.78, 5) is 18.5. The molecule has 3 aromatic rings. The van der Waals surface area contributed by atoms with Gasteiger partial charge in [-0.05, 0) is 90.2 Å². The molecule has 2 fully saturated rings. The van der Waals surface area contributed by atoms with Crippen LogP contribution in [0.4, 0.5) is 0 Å². The number of nitrogens with zero attached hydrogens (tertiary/aromatic N) is 2. The summed E-state index contributed by atoms with van der Waals surface area (Å²) in [5.74, 6) is 0.419. The summed E-state index contributed by atoms with van der Waals surface area (Å²) in [6.45, 7) is 4.33. The van der Waals surface area contributed by atoms with E-state index in [4.69, 9.17) is 9.47 Å². The number of aliphatic hydroxyl groups is 1. The lowest BCUT2D eigenvalue weighted by atomic mass is 9.90. The zero-order valence-electron chi connectivity index (χ0n) is 24.9. The summed E-state index contributed by atoms with van der Waals surface area (Å²) in [5.41, 5.74) is 8.42. The van der Waals surface area contributed by atoms with Crippen molar-refractivity contribution in [1.82, 2.24) is 9.80 Å². The molecule has 0 spiro atoms. The molecule has 6 nitrogen and oxygen atoms in total. The molecule has 0 unspecified atom stereocenters. The van der Waals surface area contributed by atoms with Crippen molar-refractivity contribution in [3.05, 3.63) is 106 Å². The Labute approximate surface area is 254 Å². The maximum absolute atomic E-state index is 13.9. The van der Waals surface area contributed by atoms with Crippen LogP contribution in [0.1, 0.15) is 72.3 Å². The Morgan fingerprint density at radius 1 is 0.860 bits per heavy atom. The molecule has 4 aliphatic rings. The topological polar surface area (TPSA) is 62.2 Å². The molecule has 3 aliphatic heterocycles. The second kappa shape index (κ2) is 12.7. The van der Waals surface area contributed by atoms with Crippen LogP contribution >= 0.6 is 0 Å². The lowest BCUT2D eigenvalue weighted by Gasteiger charge is -2.40. The number of carbonyl (C=O) groups is 1. The van der Waals surface area contributed by atoms with E-state index in [1.807, 2.05) is 35.2 Å². The molecule has 3 aromatic carbocycles. The van der Waals surface area contributed by atoms with Gasteiger partial charge in [-0.25, -0.2) is 0 Å². The normalized spacial score (nSPS) is 22.4. The van der Waals surface area contributed by atoms with Crippen LogP contribution in [0.25, 0.3) is 11.1 Å². The SMILES string of the molecule is O=C(C1=C[C@H](c2ccc3c(c2)Cc2ccccc2-3)C[C@H](OCc2ccc(CO)cc2)O1)N1CCC(N2CCCCC2)CC1. The molecular formula is C37H42N2O4. The van der Waals surface area contributed by atoms with Crippen molar-refractivity contribution < 1.29 is 19.4 Å². The van der Waals surface area contributed by atoms with Gasteiger partial charge in [0.1, 0.15) is 0 Å². The fourth-order valence-corrected chi connectivity index (χ4v) is 7.34. The van der Waals surface area contributed by atoms with Gasteiger partial charge in [-0.3, -0.25) is 4.79 Å². The fourth-order valence-electron chi connectivity index (χ4n) is 7.34. The van der Waals surface area contributed by atoms with Gasteiger partial charge in [-0.15, -0.1) is 0 Å². The first-order chi connectivity index (χ1) is 21.1.